The van der Waals surface area contributed by atoms with Crippen LogP contribution >= 0.6 is 23.2 Å². The molecule has 6 rings (SSSR count). The van der Waals surface area contributed by atoms with E-state index in [-0.39, 0.29) is 11.8 Å². The van der Waals surface area contributed by atoms with E-state index in [1.807, 2.05) is 42.5 Å². The number of hydrogen-bond acceptors (Lipinski definition) is 6. The van der Waals surface area contributed by atoms with Crippen molar-refractivity contribution in [3.05, 3.63) is 93.1 Å². The van der Waals surface area contributed by atoms with Crippen molar-refractivity contribution < 1.29 is 23.8 Å². The first-order chi connectivity index (χ1) is 19.4. The van der Waals surface area contributed by atoms with Gasteiger partial charge in [0.25, 0.3) is 5.91 Å². The summed E-state index contributed by atoms with van der Waals surface area (Å²) in [6.45, 7) is 1.73. The fourth-order valence-corrected chi connectivity index (χ4v) is 5.47. The van der Waals surface area contributed by atoms with Crippen LogP contribution in [0.4, 0.5) is 5.69 Å². The van der Waals surface area contributed by atoms with Crippen molar-refractivity contribution in [2.24, 2.45) is 0 Å². The molecule has 0 saturated heterocycles. The number of esters is 1. The smallest absolute Gasteiger partial charge is 0.339 e. The van der Waals surface area contributed by atoms with Crippen LogP contribution in [0.5, 0.6) is 11.5 Å². The van der Waals surface area contributed by atoms with Crippen LogP contribution in [0.1, 0.15) is 46.9 Å². The van der Waals surface area contributed by atoms with E-state index in [1.54, 1.807) is 12.1 Å². The Hall–Kier alpha value is -4.07. The molecule has 9 heteroatoms. The van der Waals surface area contributed by atoms with E-state index in [4.69, 9.17) is 42.4 Å². The molecule has 0 fully saturated rings. The molecule has 3 aromatic carbocycles. The number of benzene rings is 3. The molecule has 1 aliphatic heterocycles. The monoisotopic (exact) mass is 574 g/mol. The second-order valence-electron chi connectivity index (χ2n) is 9.63. The predicted molar refractivity (Wildman–Crippen MR) is 155 cm³/mol. The summed E-state index contributed by atoms with van der Waals surface area (Å²) in [7, 11) is 0. The van der Waals surface area contributed by atoms with Gasteiger partial charge in [0, 0.05) is 10.4 Å². The molecule has 7 nitrogen and oxygen atoms in total. The van der Waals surface area contributed by atoms with Crippen molar-refractivity contribution in [3.63, 3.8) is 0 Å². The van der Waals surface area contributed by atoms with E-state index in [2.05, 4.69) is 11.4 Å². The Bertz CT molecular complexity index is 1700. The highest BCUT2D eigenvalue weighted by Crippen LogP contribution is 2.38. The Morgan fingerprint density at radius 3 is 2.70 bits per heavy atom. The lowest BCUT2D eigenvalue weighted by Gasteiger charge is -2.23. The van der Waals surface area contributed by atoms with Gasteiger partial charge in [-0.25, -0.2) is 9.78 Å². The standard InChI is InChI=1S/C31H24Cl2N2O5/c1-17(30(36)35-25-11-10-20(32)15-23(25)33)40-31(37)28-21-6-2-3-8-24(21)34-29-19(5-4-7-22(28)29)13-18-9-12-26-27(14-18)39-16-38-26/h2-3,6,8-15,17H,4-5,7,16H2,1H3,(H,35,36)/b19-13+. The molecule has 2 heterocycles. The van der Waals surface area contributed by atoms with Crippen LogP contribution < -0.4 is 14.8 Å². The zero-order chi connectivity index (χ0) is 27.8. The van der Waals surface area contributed by atoms with Crippen molar-refractivity contribution in [1.29, 1.82) is 0 Å². The van der Waals surface area contributed by atoms with Gasteiger partial charge in [-0.05, 0) is 85.4 Å². The lowest BCUT2D eigenvalue weighted by molar-refractivity contribution is -0.123. The van der Waals surface area contributed by atoms with Gasteiger partial charge in [-0.1, -0.05) is 47.5 Å². The maximum atomic E-state index is 13.7. The number of halogens is 2. The quantitative estimate of drug-likeness (QED) is 0.251. The number of para-hydroxylation sites is 1. The first kappa shape index (κ1) is 26.2. The summed E-state index contributed by atoms with van der Waals surface area (Å²) in [6, 6.07) is 18.0. The molecule has 40 heavy (non-hydrogen) atoms. The zero-order valence-corrected chi connectivity index (χ0v) is 23.0. The van der Waals surface area contributed by atoms with Gasteiger partial charge in [0.15, 0.2) is 17.6 Å². The first-order valence-electron chi connectivity index (χ1n) is 12.9. The Labute approximate surface area is 240 Å². The van der Waals surface area contributed by atoms with Crippen molar-refractivity contribution in [1.82, 2.24) is 4.98 Å². The molecule has 2 aliphatic rings. The molecule has 0 bridgehead atoms. The minimum Gasteiger partial charge on any atom is -0.454 e. The lowest BCUT2D eigenvalue weighted by Crippen LogP contribution is -2.30. The summed E-state index contributed by atoms with van der Waals surface area (Å²) in [5.74, 6) is 0.335. The fraction of sp³-hybridized carbons (Fsp3) is 0.194. The predicted octanol–water partition coefficient (Wildman–Crippen LogP) is 7.33. The SMILES string of the molecule is CC(OC(=O)c1c2c(nc3ccccc13)/C(=C/c1ccc3c(c1)OCO3)CCC2)C(=O)Nc1ccc(Cl)cc1Cl. The van der Waals surface area contributed by atoms with Crippen LogP contribution in [-0.4, -0.2) is 29.8 Å². The summed E-state index contributed by atoms with van der Waals surface area (Å²) in [5, 5.41) is 4.12. The van der Waals surface area contributed by atoms with Gasteiger partial charge in [0.1, 0.15) is 0 Å². The van der Waals surface area contributed by atoms with E-state index in [0.717, 1.165) is 41.0 Å². The van der Waals surface area contributed by atoms with Crippen LogP contribution in [0.2, 0.25) is 10.0 Å². The molecule has 1 atom stereocenters. The van der Waals surface area contributed by atoms with Crippen LogP contribution in [0.3, 0.4) is 0 Å². The Morgan fingerprint density at radius 2 is 1.85 bits per heavy atom. The maximum absolute atomic E-state index is 13.7. The summed E-state index contributed by atoms with van der Waals surface area (Å²) in [6.07, 6.45) is 3.31. The van der Waals surface area contributed by atoms with E-state index in [9.17, 15) is 9.59 Å². The number of nitrogens with one attached hydrogen (secondary N) is 1. The second kappa shape index (κ2) is 10.8. The number of fused-ring (bicyclic) bond motifs is 3. The van der Waals surface area contributed by atoms with Crippen LogP contribution in [0.25, 0.3) is 22.6 Å². The fourth-order valence-electron chi connectivity index (χ4n) is 5.01. The highest BCUT2D eigenvalue weighted by Gasteiger charge is 2.28. The molecule has 1 unspecified atom stereocenters. The zero-order valence-electron chi connectivity index (χ0n) is 21.5. The lowest BCUT2D eigenvalue weighted by atomic mass is 9.86. The number of anilines is 1. The third-order valence-corrected chi connectivity index (χ3v) is 7.50. The number of rotatable bonds is 5. The van der Waals surface area contributed by atoms with Crippen LogP contribution in [0.15, 0.2) is 60.7 Å². The van der Waals surface area contributed by atoms with Gasteiger partial charge in [-0.15, -0.1) is 0 Å². The third-order valence-electron chi connectivity index (χ3n) is 6.95. The summed E-state index contributed by atoms with van der Waals surface area (Å²) >= 11 is 12.1. The number of pyridine rings is 1. The highest BCUT2D eigenvalue weighted by atomic mass is 35.5. The topological polar surface area (TPSA) is 86.8 Å². The van der Waals surface area contributed by atoms with Crippen molar-refractivity contribution in [3.8, 4) is 11.5 Å². The number of allylic oxidation sites excluding steroid dienone is 1. The number of carbonyl (C=O) groups is 2. The average Bonchev–Trinajstić information content (AvgIpc) is 3.41. The van der Waals surface area contributed by atoms with Gasteiger partial charge in [-0.2, -0.15) is 0 Å². The van der Waals surface area contributed by atoms with Gasteiger partial charge in [-0.3, -0.25) is 4.79 Å². The average molecular weight is 575 g/mol. The van der Waals surface area contributed by atoms with E-state index < -0.39 is 18.0 Å². The number of aromatic nitrogens is 1. The summed E-state index contributed by atoms with van der Waals surface area (Å²) < 4.78 is 16.7. The van der Waals surface area contributed by atoms with Crippen LogP contribution in [-0.2, 0) is 16.0 Å². The number of hydrogen-bond donors (Lipinski definition) is 1. The summed E-state index contributed by atoms with van der Waals surface area (Å²) in [5.41, 5.74) is 5.04. The van der Waals surface area contributed by atoms with E-state index >= 15 is 0 Å². The highest BCUT2D eigenvalue weighted by molar-refractivity contribution is 6.36. The maximum Gasteiger partial charge on any atom is 0.339 e. The normalized spacial score (nSPS) is 15.5. The Kier molecular flexibility index (Phi) is 7.09. The number of ether oxygens (including phenoxy) is 3. The molecule has 1 amide bonds. The molecular formula is C31H24Cl2N2O5. The van der Waals surface area contributed by atoms with Gasteiger partial charge < -0.3 is 19.5 Å². The van der Waals surface area contributed by atoms with Crippen molar-refractivity contribution in [2.75, 3.05) is 12.1 Å². The molecule has 1 aliphatic carbocycles. The summed E-state index contributed by atoms with van der Waals surface area (Å²) in [4.78, 5) is 31.5. The van der Waals surface area contributed by atoms with E-state index in [0.29, 0.717) is 39.3 Å². The van der Waals surface area contributed by atoms with Gasteiger partial charge in [0.05, 0.1) is 27.5 Å². The minimum atomic E-state index is -1.07. The molecule has 0 spiro atoms. The molecule has 1 N–H and O–H groups in total. The molecule has 1 aromatic heterocycles. The Balaban J connectivity index is 1.33. The van der Waals surface area contributed by atoms with Gasteiger partial charge >= 0.3 is 5.97 Å². The molecule has 0 radical (unpaired) electrons. The number of nitrogens with zero attached hydrogens (tertiary/aromatic N) is 1. The van der Waals surface area contributed by atoms with Crippen LogP contribution in [0, 0.1) is 0 Å². The van der Waals surface area contributed by atoms with Crippen molar-refractivity contribution >= 4 is 63.3 Å². The minimum absolute atomic E-state index is 0.209. The third kappa shape index (κ3) is 5.10. The first-order valence-corrected chi connectivity index (χ1v) is 13.6. The number of amides is 1. The molecular weight excluding hydrogens is 551 g/mol. The van der Waals surface area contributed by atoms with Crippen molar-refractivity contribution in [2.45, 2.75) is 32.3 Å². The number of carbonyl (C=O) groups excluding carboxylic acids is 2. The molecule has 0 saturated carbocycles. The molecule has 4 aromatic rings. The largest absolute Gasteiger partial charge is 0.454 e. The van der Waals surface area contributed by atoms with E-state index in [1.165, 1.54) is 13.0 Å². The van der Waals surface area contributed by atoms with Gasteiger partial charge in [0.2, 0.25) is 6.79 Å². The molecule has 202 valence electrons. The second-order valence-corrected chi connectivity index (χ2v) is 10.5. The Morgan fingerprint density at radius 1 is 1.02 bits per heavy atom.